The highest BCUT2D eigenvalue weighted by molar-refractivity contribution is 6.12. The lowest BCUT2D eigenvalue weighted by atomic mass is 10.2. The van der Waals surface area contributed by atoms with Crippen LogP contribution in [0.2, 0.25) is 0 Å². The fraction of sp³-hybridized carbons (Fsp3) is 0.200. The predicted octanol–water partition coefficient (Wildman–Crippen LogP) is 1.48. The predicted molar refractivity (Wildman–Crippen MR) is 55.9 cm³/mol. The van der Waals surface area contributed by atoms with Crippen LogP contribution >= 0.6 is 0 Å². The summed E-state index contributed by atoms with van der Waals surface area (Å²) >= 11 is 0. The number of Topliss-reactive ketones (excluding diaryl/α,β-unsaturated/α-hetero) is 1. The van der Waals surface area contributed by atoms with E-state index in [2.05, 4.69) is 22.5 Å². The highest BCUT2D eigenvalue weighted by Gasteiger charge is 2.09. The molecule has 0 radical (unpaired) electrons. The topological polar surface area (TPSA) is 45.0 Å². The number of aliphatic imine (C=N–C) groups is 1. The summed E-state index contributed by atoms with van der Waals surface area (Å²) in [6.07, 6.45) is 4.98. The third-order valence-electron chi connectivity index (χ3n) is 1.59. The molecule has 1 aliphatic heterocycles. The van der Waals surface area contributed by atoms with E-state index in [4.69, 9.17) is 0 Å². The molecular formula is C10H11N3O. The molecule has 1 heterocycles. The Morgan fingerprint density at radius 1 is 1.79 bits per heavy atom. The first-order valence-corrected chi connectivity index (χ1v) is 4.13. The maximum absolute atomic E-state index is 11.0. The largest absolute Gasteiger partial charge is 0.294 e. The lowest BCUT2D eigenvalue weighted by molar-refractivity contribution is -0.113. The first-order chi connectivity index (χ1) is 6.69. The van der Waals surface area contributed by atoms with Crippen LogP contribution < -0.4 is 0 Å². The van der Waals surface area contributed by atoms with Crippen molar-refractivity contribution in [2.24, 2.45) is 10.1 Å². The van der Waals surface area contributed by atoms with E-state index < -0.39 is 0 Å². The summed E-state index contributed by atoms with van der Waals surface area (Å²) in [6.45, 7) is 6.71. The summed E-state index contributed by atoms with van der Waals surface area (Å²) < 4.78 is 0. The van der Waals surface area contributed by atoms with Gasteiger partial charge in [-0.15, -0.1) is 0 Å². The number of rotatable bonds is 3. The van der Waals surface area contributed by atoms with E-state index in [1.165, 1.54) is 18.1 Å². The maximum Gasteiger partial charge on any atom is 0.198 e. The van der Waals surface area contributed by atoms with E-state index in [9.17, 15) is 4.79 Å². The number of carbonyl (C=O) groups is 1. The first kappa shape index (κ1) is 10.2. The second-order valence-corrected chi connectivity index (χ2v) is 2.65. The highest BCUT2D eigenvalue weighted by Crippen LogP contribution is 2.11. The van der Waals surface area contributed by atoms with Crippen molar-refractivity contribution in [3.63, 3.8) is 0 Å². The van der Waals surface area contributed by atoms with Crippen molar-refractivity contribution in [3.8, 4) is 0 Å². The van der Waals surface area contributed by atoms with Gasteiger partial charge in [-0.1, -0.05) is 11.8 Å². The van der Waals surface area contributed by atoms with E-state index in [-0.39, 0.29) is 5.78 Å². The van der Waals surface area contributed by atoms with Gasteiger partial charge in [0.15, 0.2) is 11.6 Å². The second-order valence-electron chi connectivity index (χ2n) is 2.65. The van der Waals surface area contributed by atoms with Crippen LogP contribution in [-0.2, 0) is 4.79 Å². The fourth-order valence-electron chi connectivity index (χ4n) is 0.926. The van der Waals surface area contributed by atoms with Gasteiger partial charge in [0.1, 0.15) is 0 Å². The lowest BCUT2D eigenvalue weighted by Crippen LogP contribution is -2.13. The SMILES string of the molecule is C=NC1=C=C(C(C)=O)C=NN1/C=C\C. The number of nitrogens with zero attached hydrogens (tertiary/aromatic N) is 3. The molecule has 0 aromatic carbocycles. The van der Waals surface area contributed by atoms with Crippen LogP contribution in [0, 0.1) is 0 Å². The number of hydrogen-bond donors (Lipinski definition) is 0. The van der Waals surface area contributed by atoms with Crippen LogP contribution in [0.4, 0.5) is 0 Å². The Hall–Kier alpha value is -1.93. The minimum atomic E-state index is -0.0879. The fourth-order valence-corrected chi connectivity index (χ4v) is 0.926. The van der Waals surface area contributed by atoms with Gasteiger partial charge in [0.2, 0.25) is 0 Å². The van der Waals surface area contributed by atoms with E-state index in [0.717, 1.165) is 0 Å². The van der Waals surface area contributed by atoms with Gasteiger partial charge in [0.05, 0.1) is 11.8 Å². The summed E-state index contributed by atoms with van der Waals surface area (Å²) in [6, 6.07) is 0. The van der Waals surface area contributed by atoms with Crippen molar-refractivity contribution < 1.29 is 4.79 Å². The Balaban J connectivity index is 3.15. The monoisotopic (exact) mass is 189 g/mol. The molecule has 72 valence electrons. The van der Waals surface area contributed by atoms with Crippen LogP contribution in [0.15, 0.2) is 39.5 Å². The average Bonchev–Trinajstić information content (AvgIpc) is 2.18. The van der Waals surface area contributed by atoms with Crippen molar-refractivity contribution in [2.75, 3.05) is 0 Å². The molecule has 0 aromatic heterocycles. The van der Waals surface area contributed by atoms with Gasteiger partial charge in [-0.3, -0.25) is 4.79 Å². The summed E-state index contributed by atoms with van der Waals surface area (Å²) in [5.74, 6) is 0.339. The smallest absolute Gasteiger partial charge is 0.198 e. The minimum absolute atomic E-state index is 0.0879. The molecule has 0 fully saturated rings. The van der Waals surface area contributed by atoms with E-state index in [1.54, 1.807) is 6.20 Å². The number of hydrazone groups is 1. The molecule has 0 atom stereocenters. The molecule has 0 amide bonds. The van der Waals surface area contributed by atoms with Gasteiger partial charge in [0.25, 0.3) is 0 Å². The maximum atomic E-state index is 11.0. The third kappa shape index (κ3) is 2.06. The minimum Gasteiger partial charge on any atom is -0.294 e. The van der Waals surface area contributed by atoms with E-state index >= 15 is 0 Å². The zero-order valence-corrected chi connectivity index (χ0v) is 8.19. The Morgan fingerprint density at radius 2 is 2.50 bits per heavy atom. The quantitative estimate of drug-likeness (QED) is 0.498. The van der Waals surface area contributed by atoms with Gasteiger partial charge in [-0.05, 0) is 20.6 Å². The van der Waals surface area contributed by atoms with Gasteiger partial charge < -0.3 is 0 Å². The molecule has 0 N–H and O–H groups in total. The van der Waals surface area contributed by atoms with Crippen molar-refractivity contribution in [1.29, 1.82) is 0 Å². The molecule has 0 aliphatic carbocycles. The zero-order valence-electron chi connectivity index (χ0n) is 8.19. The number of allylic oxidation sites excluding steroid dienone is 2. The first-order valence-electron chi connectivity index (χ1n) is 4.13. The Kier molecular flexibility index (Phi) is 3.15. The van der Waals surface area contributed by atoms with Gasteiger partial charge in [-0.2, -0.15) is 5.10 Å². The number of carbonyl (C=O) groups excluding carboxylic acids is 1. The molecule has 0 saturated carbocycles. The summed E-state index contributed by atoms with van der Waals surface area (Å²) in [5.41, 5.74) is 3.23. The lowest BCUT2D eigenvalue weighted by Gasteiger charge is -2.14. The van der Waals surface area contributed by atoms with Crippen molar-refractivity contribution >= 4 is 18.7 Å². The van der Waals surface area contributed by atoms with Crippen LogP contribution in [-0.4, -0.2) is 23.7 Å². The molecule has 4 heteroatoms. The third-order valence-corrected chi connectivity index (χ3v) is 1.59. The Morgan fingerprint density at radius 3 is 3.00 bits per heavy atom. The average molecular weight is 189 g/mol. The van der Waals surface area contributed by atoms with Crippen molar-refractivity contribution in [3.05, 3.63) is 29.4 Å². The molecule has 0 spiro atoms. The molecule has 0 aromatic rings. The molecule has 14 heavy (non-hydrogen) atoms. The van der Waals surface area contributed by atoms with Crippen LogP contribution in [0.3, 0.4) is 0 Å². The molecule has 4 nitrogen and oxygen atoms in total. The summed E-state index contributed by atoms with van der Waals surface area (Å²) in [4.78, 5) is 14.7. The molecule has 0 bridgehead atoms. The number of ketones is 1. The summed E-state index contributed by atoms with van der Waals surface area (Å²) in [5, 5.41) is 5.50. The Labute approximate surface area is 82.6 Å². The number of hydrogen-bond acceptors (Lipinski definition) is 4. The molecule has 0 unspecified atom stereocenters. The van der Waals surface area contributed by atoms with Crippen LogP contribution in [0.25, 0.3) is 0 Å². The molecule has 0 saturated heterocycles. The highest BCUT2D eigenvalue weighted by atomic mass is 16.1. The molecular weight excluding hydrogens is 178 g/mol. The van der Waals surface area contributed by atoms with Crippen LogP contribution in [0.1, 0.15) is 13.8 Å². The molecule has 1 aliphatic rings. The van der Waals surface area contributed by atoms with Gasteiger partial charge >= 0.3 is 0 Å². The van der Waals surface area contributed by atoms with Crippen molar-refractivity contribution in [1.82, 2.24) is 5.01 Å². The van der Waals surface area contributed by atoms with Gasteiger partial charge in [0, 0.05) is 6.20 Å². The Bertz CT molecular complexity index is 384. The van der Waals surface area contributed by atoms with Gasteiger partial charge in [-0.25, -0.2) is 10.0 Å². The summed E-state index contributed by atoms with van der Waals surface area (Å²) in [7, 11) is 0. The standard InChI is InChI=1S/C10H11N3O/c1-4-5-13-10(11-3)6-9(7-12-13)8(2)14/h4-5,7H,3H2,1-2H3/b5-4-. The van der Waals surface area contributed by atoms with E-state index in [1.807, 2.05) is 13.0 Å². The zero-order chi connectivity index (χ0) is 10.6. The normalized spacial score (nSPS) is 15.4. The molecule has 1 rings (SSSR count). The van der Waals surface area contributed by atoms with Crippen LogP contribution in [0.5, 0.6) is 0 Å². The van der Waals surface area contributed by atoms with Crippen molar-refractivity contribution in [2.45, 2.75) is 13.8 Å². The second kappa shape index (κ2) is 4.35. The van der Waals surface area contributed by atoms with E-state index in [0.29, 0.717) is 11.4 Å².